The summed E-state index contributed by atoms with van der Waals surface area (Å²) in [4.78, 5) is 30.1. The summed E-state index contributed by atoms with van der Waals surface area (Å²) in [6.45, 7) is 5.20. The van der Waals surface area contributed by atoms with Crippen LogP contribution in [0.2, 0.25) is 0 Å². The predicted octanol–water partition coefficient (Wildman–Crippen LogP) is 3.67. The molecule has 5 nitrogen and oxygen atoms in total. The van der Waals surface area contributed by atoms with Crippen molar-refractivity contribution in [3.05, 3.63) is 59.7 Å². The van der Waals surface area contributed by atoms with Crippen molar-refractivity contribution in [2.45, 2.75) is 37.8 Å². The first-order chi connectivity index (χ1) is 14.1. The number of para-hydroxylation sites is 1. The van der Waals surface area contributed by atoms with E-state index in [9.17, 15) is 9.59 Å². The van der Waals surface area contributed by atoms with E-state index >= 15 is 0 Å². The van der Waals surface area contributed by atoms with Crippen LogP contribution in [-0.4, -0.2) is 42.6 Å². The second-order valence-corrected chi connectivity index (χ2v) is 8.43. The Morgan fingerprint density at radius 2 is 1.90 bits per heavy atom. The molecule has 1 aliphatic heterocycles. The number of anilines is 1. The number of carbonyl (C=O) groups excluding carboxylic acids is 2. The molecule has 2 aromatic rings. The van der Waals surface area contributed by atoms with Gasteiger partial charge in [0, 0.05) is 43.1 Å². The maximum absolute atomic E-state index is 12.6. The van der Waals surface area contributed by atoms with Crippen LogP contribution in [0.3, 0.4) is 0 Å². The summed E-state index contributed by atoms with van der Waals surface area (Å²) in [5, 5.41) is 2.94. The van der Waals surface area contributed by atoms with Crippen LogP contribution in [0.15, 0.2) is 53.4 Å². The van der Waals surface area contributed by atoms with Gasteiger partial charge in [-0.25, -0.2) is 0 Å². The van der Waals surface area contributed by atoms with Crippen molar-refractivity contribution in [2.75, 3.05) is 30.8 Å². The zero-order valence-electron chi connectivity index (χ0n) is 17.2. The van der Waals surface area contributed by atoms with Crippen LogP contribution in [0.5, 0.6) is 0 Å². The van der Waals surface area contributed by atoms with Crippen molar-refractivity contribution in [3.63, 3.8) is 0 Å². The summed E-state index contributed by atoms with van der Waals surface area (Å²) >= 11 is 1.77. The number of nitrogens with zero attached hydrogens (tertiary/aromatic N) is 2. The molecule has 0 aromatic heterocycles. The molecule has 154 valence electrons. The minimum absolute atomic E-state index is 0.0116. The lowest BCUT2D eigenvalue weighted by atomic mass is 10.1. The Hall–Kier alpha value is -2.31. The Balaban J connectivity index is 1.47. The minimum Gasteiger partial charge on any atom is -0.352 e. The van der Waals surface area contributed by atoms with E-state index in [0.29, 0.717) is 13.1 Å². The number of amides is 2. The van der Waals surface area contributed by atoms with E-state index in [-0.39, 0.29) is 24.7 Å². The van der Waals surface area contributed by atoms with Crippen molar-refractivity contribution in [2.24, 2.45) is 0 Å². The minimum atomic E-state index is -0.0888. The van der Waals surface area contributed by atoms with E-state index in [2.05, 4.69) is 36.3 Å². The van der Waals surface area contributed by atoms with E-state index < -0.39 is 0 Å². The van der Waals surface area contributed by atoms with Gasteiger partial charge in [0.05, 0.1) is 5.69 Å². The van der Waals surface area contributed by atoms with Crippen LogP contribution in [-0.2, 0) is 22.7 Å². The van der Waals surface area contributed by atoms with Gasteiger partial charge in [-0.3, -0.25) is 9.59 Å². The summed E-state index contributed by atoms with van der Waals surface area (Å²) < 4.78 is 0. The van der Waals surface area contributed by atoms with Crippen molar-refractivity contribution < 1.29 is 9.59 Å². The Morgan fingerprint density at radius 1 is 1.10 bits per heavy atom. The molecule has 0 spiro atoms. The van der Waals surface area contributed by atoms with Gasteiger partial charge in [-0.05, 0) is 36.9 Å². The zero-order valence-corrected chi connectivity index (χ0v) is 18.0. The summed E-state index contributed by atoms with van der Waals surface area (Å²) in [7, 11) is 2.09. The topological polar surface area (TPSA) is 52.7 Å². The number of thioether (sulfide) groups is 1. The molecule has 29 heavy (non-hydrogen) atoms. The number of nitrogens with one attached hydrogen (secondary N) is 1. The highest BCUT2D eigenvalue weighted by Crippen LogP contribution is 2.34. The van der Waals surface area contributed by atoms with E-state index in [1.807, 2.05) is 41.3 Å². The van der Waals surface area contributed by atoms with E-state index in [1.165, 1.54) is 5.56 Å². The summed E-state index contributed by atoms with van der Waals surface area (Å²) in [6.07, 6.45) is 0.440. The molecule has 0 saturated carbocycles. The van der Waals surface area contributed by atoms with Crippen LogP contribution >= 0.6 is 11.8 Å². The Labute approximate surface area is 177 Å². The van der Waals surface area contributed by atoms with Gasteiger partial charge < -0.3 is 15.1 Å². The SMILES string of the molecule is CCN(C)Cc1cccc(CNC(=O)CCC(=O)N2CCSc3ccccc32)c1. The Kier molecular flexibility index (Phi) is 7.72. The Bertz CT molecular complexity index is 856. The number of hydrogen-bond acceptors (Lipinski definition) is 4. The number of fused-ring (bicyclic) bond motifs is 1. The molecular formula is C23H29N3O2S. The first-order valence-electron chi connectivity index (χ1n) is 10.1. The number of rotatable bonds is 8. The molecule has 0 unspecified atom stereocenters. The van der Waals surface area contributed by atoms with Crippen LogP contribution in [0.25, 0.3) is 0 Å². The maximum Gasteiger partial charge on any atom is 0.227 e. The molecule has 0 atom stereocenters. The van der Waals surface area contributed by atoms with Crippen molar-refractivity contribution in [1.29, 1.82) is 0 Å². The highest BCUT2D eigenvalue weighted by atomic mass is 32.2. The summed E-state index contributed by atoms with van der Waals surface area (Å²) in [5.41, 5.74) is 3.27. The van der Waals surface area contributed by atoms with Crippen molar-refractivity contribution >= 4 is 29.3 Å². The average molecular weight is 412 g/mol. The number of carbonyl (C=O) groups is 2. The fraction of sp³-hybridized carbons (Fsp3) is 0.391. The monoisotopic (exact) mass is 411 g/mol. The fourth-order valence-corrected chi connectivity index (χ4v) is 4.33. The highest BCUT2D eigenvalue weighted by molar-refractivity contribution is 7.99. The molecule has 1 N–H and O–H groups in total. The van der Waals surface area contributed by atoms with Crippen LogP contribution in [0.1, 0.15) is 30.9 Å². The second-order valence-electron chi connectivity index (χ2n) is 7.29. The van der Waals surface area contributed by atoms with E-state index in [4.69, 9.17) is 0 Å². The number of hydrogen-bond donors (Lipinski definition) is 1. The van der Waals surface area contributed by atoms with Gasteiger partial charge in [0.1, 0.15) is 0 Å². The van der Waals surface area contributed by atoms with Gasteiger partial charge in [0.25, 0.3) is 0 Å². The highest BCUT2D eigenvalue weighted by Gasteiger charge is 2.22. The first kappa shape index (κ1) is 21.4. The molecule has 3 rings (SSSR count). The van der Waals surface area contributed by atoms with Gasteiger partial charge in [-0.15, -0.1) is 11.8 Å². The molecular weight excluding hydrogens is 382 g/mol. The van der Waals surface area contributed by atoms with Gasteiger partial charge in [0.2, 0.25) is 11.8 Å². The smallest absolute Gasteiger partial charge is 0.227 e. The molecule has 0 saturated heterocycles. The molecule has 0 radical (unpaired) electrons. The molecule has 6 heteroatoms. The lowest BCUT2D eigenvalue weighted by Gasteiger charge is -2.29. The fourth-order valence-electron chi connectivity index (χ4n) is 3.33. The zero-order chi connectivity index (χ0) is 20.6. The number of benzene rings is 2. The molecule has 1 aliphatic rings. The maximum atomic E-state index is 12.6. The molecule has 0 fully saturated rings. The summed E-state index contributed by atoms with van der Waals surface area (Å²) in [6, 6.07) is 16.2. The van der Waals surface area contributed by atoms with Crippen LogP contribution in [0.4, 0.5) is 5.69 Å². The predicted molar refractivity (Wildman–Crippen MR) is 119 cm³/mol. The van der Waals surface area contributed by atoms with Crippen LogP contribution < -0.4 is 10.2 Å². The van der Waals surface area contributed by atoms with E-state index in [1.54, 1.807) is 11.8 Å². The lowest BCUT2D eigenvalue weighted by molar-refractivity contribution is -0.125. The summed E-state index contributed by atoms with van der Waals surface area (Å²) in [5.74, 6) is 0.810. The molecule has 0 bridgehead atoms. The standard InChI is InChI=1S/C23H29N3O2S/c1-3-25(2)17-19-8-6-7-18(15-19)16-24-22(27)11-12-23(28)26-13-14-29-21-10-5-4-9-20(21)26/h4-10,15H,3,11-14,16-17H2,1-2H3,(H,24,27). The molecule has 1 heterocycles. The van der Waals surface area contributed by atoms with Gasteiger partial charge >= 0.3 is 0 Å². The van der Waals surface area contributed by atoms with Crippen molar-refractivity contribution in [1.82, 2.24) is 10.2 Å². The average Bonchev–Trinajstić information content (AvgIpc) is 2.75. The molecule has 0 aliphatic carbocycles. The molecule has 2 aromatic carbocycles. The third-order valence-corrected chi connectivity index (χ3v) is 6.11. The third-order valence-electron chi connectivity index (χ3n) is 5.07. The van der Waals surface area contributed by atoms with Gasteiger partial charge in [-0.1, -0.05) is 43.3 Å². The largest absolute Gasteiger partial charge is 0.352 e. The third kappa shape index (κ3) is 6.08. The lowest BCUT2D eigenvalue weighted by Crippen LogP contribution is -2.36. The Morgan fingerprint density at radius 3 is 2.72 bits per heavy atom. The second kappa shape index (κ2) is 10.5. The van der Waals surface area contributed by atoms with Crippen molar-refractivity contribution in [3.8, 4) is 0 Å². The van der Waals surface area contributed by atoms with Crippen LogP contribution in [0, 0.1) is 0 Å². The van der Waals surface area contributed by atoms with E-state index in [0.717, 1.165) is 35.0 Å². The normalized spacial score (nSPS) is 13.3. The molecule has 2 amide bonds. The first-order valence-corrected chi connectivity index (χ1v) is 11.1. The van der Waals surface area contributed by atoms with Gasteiger partial charge in [0.15, 0.2) is 0 Å². The van der Waals surface area contributed by atoms with Gasteiger partial charge in [-0.2, -0.15) is 0 Å². The quantitative estimate of drug-likeness (QED) is 0.720.